The van der Waals surface area contributed by atoms with E-state index in [0.717, 1.165) is 29.3 Å². The van der Waals surface area contributed by atoms with Crippen LogP contribution in [-0.4, -0.2) is 16.1 Å². The van der Waals surface area contributed by atoms with Gasteiger partial charge in [0.2, 0.25) is 11.0 Å². The van der Waals surface area contributed by atoms with Crippen molar-refractivity contribution in [3.8, 4) is 0 Å². The molecule has 1 amide bonds. The van der Waals surface area contributed by atoms with Gasteiger partial charge in [-0.2, -0.15) is 0 Å². The number of nitrogens with one attached hydrogen (secondary N) is 1. The highest BCUT2D eigenvalue weighted by Crippen LogP contribution is 2.16. The molecule has 2 aromatic rings. The maximum absolute atomic E-state index is 11.8. The molecule has 0 aliphatic carbocycles. The van der Waals surface area contributed by atoms with Crippen molar-refractivity contribution in [2.75, 3.05) is 5.32 Å². The molecular weight excluding hydrogens is 294 g/mol. The molecule has 0 unspecified atom stereocenters. The number of rotatable bonds is 6. The fourth-order valence-electron chi connectivity index (χ4n) is 1.73. The van der Waals surface area contributed by atoms with Crippen molar-refractivity contribution >= 4 is 34.0 Å². The Balaban J connectivity index is 1.73. The van der Waals surface area contributed by atoms with Crippen molar-refractivity contribution < 1.29 is 4.79 Å². The molecule has 0 fully saturated rings. The maximum atomic E-state index is 11.8. The molecule has 1 N–H and O–H groups in total. The Bertz CT molecular complexity index is 568. The molecule has 1 aromatic carbocycles. The van der Waals surface area contributed by atoms with Gasteiger partial charge in [-0.05, 0) is 37.0 Å². The van der Waals surface area contributed by atoms with Gasteiger partial charge in [-0.15, -0.1) is 10.2 Å². The average Bonchev–Trinajstić information content (AvgIpc) is 2.88. The first-order valence-electron chi connectivity index (χ1n) is 6.54. The molecule has 0 saturated carbocycles. The number of hydrogen-bond donors (Lipinski definition) is 1. The second-order valence-electron chi connectivity index (χ2n) is 4.38. The smallest absolute Gasteiger partial charge is 0.226 e. The van der Waals surface area contributed by atoms with E-state index >= 15 is 0 Å². The van der Waals surface area contributed by atoms with Gasteiger partial charge in [0.15, 0.2) is 0 Å². The zero-order chi connectivity index (χ0) is 14.4. The highest BCUT2D eigenvalue weighted by Gasteiger charge is 2.07. The number of anilines is 1. The summed E-state index contributed by atoms with van der Waals surface area (Å²) in [7, 11) is 0. The van der Waals surface area contributed by atoms with Gasteiger partial charge in [-0.25, -0.2) is 0 Å². The second-order valence-corrected chi connectivity index (χ2v) is 5.88. The molecule has 2 rings (SSSR count). The summed E-state index contributed by atoms with van der Waals surface area (Å²) in [6, 6.07) is 7.70. The van der Waals surface area contributed by atoms with Crippen LogP contribution in [0.4, 0.5) is 5.13 Å². The molecule has 0 radical (unpaired) electrons. The number of halogens is 1. The van der Waals surface area contributed by atoms with Crippen LogP contribution in [0.3, 0.4) is 0 Å². The van der Waals surface area contributed by atoms with E-state index < -0.39 is 0 Å². The van der Waals surface area contributed by atoms with Gasteiger partial charge in [0.05, 0.1) is 0 Å². The van der Waals surface area contributed by atoms with Gasteiger partial charge < -0.3 is 5.32 Å². The molecule has 0 saturated heterocycles. The minimum Gasteiger partial charge on any atom is -0.301 e. The predicted molar refractivity (Wildman–Crippen MR) is 82.3 cm³/mol. The van der Waals surface area contributed by atoms with Crippen molar-refractivity contribution in [3.05, 3.63) is 39.9 Å². The van der Waals surface area contributed by atoms with Gasteiger partial charge in [0, 0.05) is 11.4 Å². The van der Waals surface area contributed by atoms with Crippen molar-refractivity contribution in [1.82, 2.24) is 10.2 Å². The molecule has 20 heavy (non-hydrogen) atoms. The van der Waals surface area contributed by atoms with Crippen LogP contribution in [-0.2, 0) is 17.6 Å². The summed E-state index contributed by atoms with van der Waals surface area (Å²) in [5, 5.41) is 12.9. The molecule has 1 aromatic heterocycles. The van der Waals surface area contributed by atoms with Crippen LogP contribution >= 0.6 is 22.9 Å². The summed E-state index contributed by atoms with van der Waals surface area (Å²) in [4.78, 5) is 11.8. The van der Waals surface area contributed by atoms with Gasteiger partial charge in [0.25, 0.3) is 0 Å². The zero-order valence-electron chi connectivity index (χ0n) is 11.2. The summed E-state index contributed by atoms with van der Waals surface area (Å²) in [6.07, 6.45) is 2.97. The SMILES string of the molecule is CCc1nnc(NC(=O)CCCc2ccc(Cl)cc2)s1. The number of aryl methyl sites for hydroxylation is 2. The molecule has 106 valence electrons. The Kier molecular flexibility index (Phi) is 5.49. The number of carbonyl (C=O) groups excluding carboxylic acids is 1. The monoisotopic (exact) mass is 309 g/mol. The number of carbonyl (C=O) groups is 1. The number of benzene rings is 1. The summed E-state index contributed by atoms with van der Waals surface area (Å²) < 4.78 is 0. The van der Waals surface area contributed by atoms with E-state index in [9.17, 15) is 4.79 Å². The minimum atomic E-state index is -0.0160. The highest BCUT2D eigenvalue weighted by atomic mass is 35.5. The van der Waals surface area contributed by atoms with Crippen molar-refractivity contribution in [1.29, 1.82) is 0 Å². The Hall–Kier alpha value is -1.46. The molecule has 0 bridgehead atoms. The summed E-state index contributed by atoms with van der Waals surface area (Å²) in [5.74, 6) is -0.0160. The van der Waals surface area contributed by atoms with E-state index in [1.807, 2.05) is 31.2 Å². The van der Waals surface area contributed by atoms with E-state index in [-0.39, 0.29) is 5.91 Å². The van der Waals surface area contributed by atoms with Gasteiger partial charge >= 0.3 is 0 Å². The third kappa shape index (κ3) is 4.58. The lowest BCUT2D eigenvalue weighted by molar-refractivity contribution is -0.116. The lowest BCUT2D eigenvalue weighted by atomic mass is 10.1. The number of hydrogen-bond acceptors (Lipinski definition) is 4. The first kappa shape index (κ1) is 14.9. The second kappa shape index (κ2) is 7.36. The van der Waals surface area contributed by atoms with Crippen LogP contribution in [0.2, 0.25) is 5.02 Å². The first-order valence-corrected chi connectivity index (χ1v) is 7.73. The van der Waals surface area contributed by atoms with E-state index in [1.165, 1.54) is 16.9 Å². The van der Waals surface area contributed by atoms with Crippen molar-refractivity contribution in [3.63, 3.8) is 0 Å². The molecule has 6 heteroatoms. The lowest BCUT2D eigenvalue weighted by Gasteiger charge is -2.02. The van der Waals surface area contributed by atoms with Crippen LogP contribution in [0.1, 0.15) is 30.3 Å². The fourth-order valence-corrected chi connectivity index (χ4v) is 2.55. The van der Waals surface area contributed by atoms with E-state index in [4.69, 9.17) is 11.6 Å². The summed E-state index contributed by atoms with van der Waals surface area (Å²) in [5.41, 5.74) is 1.19. The van der Waals surface area contributed by atoms with Crippen LogP contribution in [0.5, 0.6) is 0 Å². The van der Waals surface area contributed by atoms with E-state index in [2.05, 4.69) is 15.5 Å². The van der Waals surface area contributed by atoms with Gasteiger partial charge in [0.1, 0.15) is 5.01 Å². The lowest BCUT2D eigenvalue weighted by Crippen LogP contribution is -2.11. The van der Waals surface area contributed by atoms with Crippen molar-refractivity contribution in [2.24, 2.45) is 0 Å². The third-order valence-electron chi connectivity index (χ3n) is 2.80. The summed E-state index contributed by atoms with van der Waals surface area (Å²) >= 11 is 7.25. The molecular formula is C14H16ClN3OS. The Morgan fingerprint density at radius 3 is 2.70 bits per heavy atom. The molecule has 4 nitrogen and oxygen atoms in total. The van der Waals surface area contributed by atoms with Gasteiger partial charge in [-0.1, -0.05) is 42.0 Å². The normalized spacial score (nSPS) is 10.5. The van der Waals surface area contributed by atoms with Crippen molar-refractivity contribution in [2.45, 2.75) is 32.6 Å². The van der Waals surface area contributed by atoms with E-state index in [1.54, 1.807) is 0 Å². The Morgan fingerprint density at radius 1 is 1.30 bits per heavy atom. The number of nitrogens with zero attached hydrogens (tertiary/aromatic N) is 2. The Labute approximate surface area is 127 Å². The molecule has 0 aliphatic rings. The fraction of sp³-hybridized carbons (Fsp3) is 0.357. The largest absolute Gasteiger partial charge is 0.301 e. The molecule has 0 aliphatic heterocycles. The third-order valence-corrected chi connectivity index (χ3v) is 4.03. The molecule has 0 atom stereocenters. The predicted octanol–water partition coefficient (Wildman–Crippen LogP) is 3.72. The van der Waals surface area contributed by atoms with Crippen LogP contribution < -0.4 is 5.32 Å². The number of amides is 1. The summed E-state index contributed by atoms with van der Waals surface area (Å²) in [6.45, 7) is 2.01. The topological polar surface area (TPSA) is 54.9 Å². The first-order chi connectivity index (χ1) is 9.67. The average molecular weight is 310 g/mol. The van der Waals surface area contributed by atoms with Gasteiger partial charge in [-0.3, -0.25) is 4.79 Å². The highest BCUT2D eigenvalue weighted by molar-refractivity contribution is 7.15. The standard InChI is InChI=1S/C14H16ClN3OS/c1-2-13-17-18-14(20-13)16-12(19)5-3-4-10-6-8-11(15)9-7-10/h6-9H,2-5H2,1H3,(H,16,18,19). The number of aromatic nitrogens is 2. The zero-order valence-corrected chi connectivity index (χ0v) is 12.8. The maximum Gasteiger partial charge on any atom is 0.226 e. The Morgan fingerprint density at radius 2 is 2.05 bits per heavy atom. The van der Waals surface area contributed by atoms with Crippen LogP contribution in [0.25, 0.3) is 0 Å². The van der Waals surface area contributed by atoms with Crippen LogP contribution in [0, 0.1) is 0 Å². The van der Waals surface area contributed by atoms with E-state index in [0.29, 0.717) is 11.6 Å². The molecule has 1 heterocycles. The molecule has 0 spiro atoms. The quantitative estimate of drug-likeness (QED) is 0.885. The minimum absolute atomic E-state index is 0.0160. The van der Waals surface area contributed by atoms with Crippen LogP contribution in [0.15, 0.2) is 24.3 Å².